The van der Waals surface area contributed by atoms with Crippen LogP contribution in [-0.4, -0.2) is 6.79 Å². The van der Waals surface area contributed by atoms with Gasteiger partial charge in [-0.05, 0) is 0 Å². The second-order valence-electron chi connectivity index (χ2n) is 0. The van der Waals surface area contributed by atoms with Gasteiger partial charge in [-0.3, -0.25) is 6.79 Å². The molecule has 0 aromatic rings. The minimum absolute atomic E-state index is 0. The van der Waals surface area contributed by atoms with E-state index in [0.29, 0.717) is 0 Å². The molecule has 0 unspecified atom stereocenters. The number of nitrogens with zero attached hydrogens (tertiary/aromatic N) is 1. The molecule has 40 valence electrons. The quantitative estimate of drug-likeness (QED) is 0.291. The number of hydrogen-bond acceptors (Lipinski definition) is 2. The zero-order valence-electron chi connectivity index (χ0n) is 4.72. The number of rotatable bonds is 0. The second kappa shape index (κ2) is 2820. The van der Waals surface area contributed by atoms with Crippen molar-refractivity contribution >= 4 is 6.79 Å². The number of nitriles is 1. The molecule has 0 N–H and O–H groups in total. The van der Waals surface area contributed by atoms with Gasteiger partial charge in [0.1, 0.15) is 0 Å². The summed E-state index contributed by atoms with van der Waals surface area (Å²) in [4.78, 5) is 7.75. The Labute approximate surface area is 58.3 Å². The number of hydrogen-bond donors (Lipinski definition) is 0. The van der Waals surface area contributed by atoms with Crippen molar-refractivity contribution in [3.05, 3.63) is 14.9 Å². The first-order chi connectivity index (χ1) is 2.00. The van der Waals surface area contributed by atoms with Crippen molar-refractivity contribution in [2.24, 2.45) is 0 Å². The van der Waals surface area contributed by atoms with Gasteiger partial charge in [0.05, 0.1) is 0 Å². The first kappa shape index (κ1) is 71.3. The molecule has 0 saturated carbocycles. The van der Waals surface area contributed by atoms with Crippen molar-refractivity contribution in [1.29, 1.82) is 5.26 Å². The van der Waals surface area contributed by atoms with Gasteiger partial charge in [-0.25, -0.2) is 5.26 Å². The summed E-state index contributed by atoms with van der Waals surface area (Å²) in [6, 6.07) is 0. The van der Waals surface area contributed by atoms with Crippen LogP contribution in [0.3, 0.4) is 0 Å². The summed E-state index contributed by atoms with van der Waals surface area (Å²) in [5.41, 5.74) is 0. The van der Waals surface area contributed by atoms with Gasteiger partial charge >= 0.3 is 0 Å². The fourth-order valence-electron chi connectivity index (χ4n) is 0. The van der Waals surface area contributed by atoms with Crippen LogP contribution in [-0.2, 0) is 24.3 Å². The topological polar surface area (TPSA) is 40.9 Å². The molecule has 3 heteroatoms. The van der Waals surface area contributed by atoms with E-state index in [0.717, 1.165) is 0 Å². The molecule has 0 rings (SSSR count). The van der Waals surface area contributed by atoms with Gasteiger partial charge in [-0.2, -0.15) is 0 Å². The standard InChI is InChI=1S/CHN.CHO.2CH3.Zn/c2*1-2;;;/h2*1H;2*1H3;/q;3*-1;. The summed E-state index contributed by atoms with van der Waals surface area (Å²) in [6.07, 6.45) is 0. The minimum Gasteiger partial charge on any atom is -0.545 e. The van der Waals surface area contributed by atoms with Crippen LogP contribution in [0.25, 0.3) is 0 Å². The molecule has 0 amide bonds. The predicted octanol–water partition coefficient (Wildman–Crippen LogP) is 0.764. The van der Waals surface area contributed by atoms with Crippen molar-refractivity contribution in [2.45, 2.75) is 0 Å². The van der Waals surface area contributed by atoms with Crippen molar-refractivity contribution < 1.29 is 24.3 Å². The third kappa shape index (κ3) is 1760. The van der Waals surface area contributed by atoms with E-state index in [-0.39, 0.29) is 34.3 Å². The molecule has 0 spiro atoms. The maximum absolute atomic E-state index is 7.75. The van der Waals surface area contributed by atoms with Gasteiger partial charge in [0.15, 0.2) is 0 Å². The summed E-state index contributed by atoms with van der Waals surface area (Å²) in [5, 5.41) is 6.50. The molecule has 0 atom stereocenters. The van der Waals surface area contributed by atoms with Crippen LogP contribution in [0.2, 0.25) is 0 Å². The average Bonchev–Trinajstić information content (AvgIpc) is 1.50. The molecule has 0 aliphatic heterocycles. The fraction of sp³-hybridized carbons (Fsp3) is 0. The Kier molecular flexibility index (Phi) is 28700. The third-order valence-corrected chi connectivity index (χ3v) is 0. The van der Waals surface area contributed by atoms with E-state index in [2.05, 4.69) is 13.4 Å². The number of carbonyl (C=O) groups excluding carboxylic acids is 1. The van der Waals surface area contributed by atoms with E-state index < -0.39 is 0 Å². The van der Waals surface area contributed by atoms with Gasteiger partial charge in [0, 0.05) is 26.1 Å². The van der Waals surface area contributed by atoms with Crippen molar-refractivity contribution in [2.75, 3.05) is 0 Å². The Morgan fingerprint density at radius 1 is 1.14 bits per heavy atom. The minimum atomic E-state index is 0. The first-order valence-corrected chi connectivity index (χ1v) is 0.494. The van der Waals surface area contributed by atoms with Crippen molar-refractivity contribution in [1.82, 2.24) is 0 Å². The molecule has 7 heavy (non-hydrogen) atoms. The predicted molar refractivity (Wildman–Crippen MR) is 26.2 cm³/mol. The Balaban J connectivity index is -0.00000000267. The van der Waals surface area contributed by atoms with Crippen LogP contribution in [0.4, 0.5) is 0 Å². The molecule has 0 heterocycles. The third-order valence-electron chi connectivity index (χ3n) is 0. The normalized spacial score (nSPS) is 0.857. The smallest absolute Gasteiger partial charge is 0.0462 e. The van der Waals surface area contributed by atoms with Crippen LogP contribution in [0, 0.1) is 26.7 Å². The van der Waals surface area contributed by atoms with Crippen molar-refractivity contribution in [3.8, 4) is 6.57 Å². The summed E-state index contributed by atoms with van der Waals surface area (Å²) < 4.78 is 0. The molecule has 0 aliphatic rings. The van der Waals surface area contributed by atoms with Gasteiger partial charge in [0.25, 0.3) is 0 Å². The molecule has 0 bridgehead atoms. The molecular weight excluding hydrogens is 143 g/mol. The van der Waals surface area contributed by atoms with Gasteiger partial charge < -0.3 is 19.6 Å². The van der Waals surface area contributed by atoms with E-state index in [1.807, 2.05) is 0 Å². The molecule has 0 fully saturated rings. The van der Waals surface area contributed by atoms with Crippen LogP contribution in [0.15, 0.2) is 0 Å². The SMILES string of the molecule is C#N.[CH-]=O.[CH3-].[CH3-].[Zn]. The Morgan fingerprint density at radius 2 is 1.14 bits per heavy atom. The largest absolute Gasteiger partial charge is 0.545 e. The van der Waals surface area contributed by atoms with Crippen LogP contribution in [0.1, 0.15) is 0 Å². The van der Waals surface area contributed by atoms with E-state index in [4.69, 9.17) is 10.1 Å². The van der Waals surface area contributed by atoms with E-state index in [9.17, 15) is 0 Å². The average molecular weight is 152 g/mol. The van der Waals surface area contributed by atoms with Crippen LogP contribution in [0.5, 0.6) is 0 Å². The maximum atomic E-state index is 7.75. The Hall–Kier alpha value is -0.217. The Bertz CT molecular complexity index is 22.9. The first-order valence-electron chi connectivity index (χ1n) is 0.494. The van der Waals surface area contributed by atoms with Gasteiger partial charge in [0.2, 0.25) is 0 Å². The monoisotopic (exact) mass is 150 g/mol. The summed E-state index contributed by atoms with van der Waals surface area (Å²) in [5.74, 6) is 0. The molecule has 0 radical (unpaired) electrons. The molecule has 0 aliphatic carbocycles. The zero-order valence-corrected chi connectivity index (χ0v) is 7.68. The Morgan fingerprint density at radius 3 is 1.14 bits per heavy atom. The maximum Gasteiger partial charge on any atom is 0.0462 e. The molecular formula is C4H8NOZn-3. The fourth-order valence-corrected chi connectivity index (χ4v) is 0. The van der Waals surface area contributed by atoms with E-state index in [1.54, 1.807) is 0 Å². The molecule has 0 aromatic carbocycles. The molecule has 0 saturated heterocycles. The second-order valence-corrected chi connectivity index (χ2v) is 0. The van der Waals surface area contributed by atoms with Gasteiger partial charge in [-0.1, -0.05) is 0 Å². The summed E-state index contributed by atoms with van der Waals surface area (Å²) in [6.45, 7) is 6.75. The van der Waals surface area contributed by atoms with Crippen LogP contribution >= 0.6 is 0 Å². The molecule has 2 nitrogen and oxygen atoms in total. The zero-order chi connectivity index (χ0) is 4.00. The van der Waals surface area contributed by atoms with Crippen LogP contribution < -0.4 is 0 Å². The summed E-state index contributed by atoms with van der Waals surface area (Å²) >= 11 is 0. The van der Waals surface area contributed by atoms with Crippen molar-refractivity contribution in [3.63, 3.8) is 0 Å². The summed E-state index contributed by atoms with van der Waals surface area (Å²) in [7, 11) is 0. The molecule has 0 aromatic heterocycles. The van der Waals surface area contributed by atoms with E-state index >= 15 is 0 Å². The van der Waals surface area contributed by atoms with Gasteiger partial charge in [-0.15, -0.1) is 0 Å². The van der Waals surface area contributed by atoms with E-state index in [1.165, 1.54) is 0 Å².